The summed E-state index contributed by atoms with van der Waals surface area (Å²) in [6.07, 6.45) is 3.39. The Balaban J connectivity index is 1.49. The predicted octanol–water partition coefficient (Wildman–Crippen LogP) is 3.52. The highest BCUT2D eigenvalue weighted by molar-refractivity contribution is 5.95. The van der Waals surface area contributed by atoms with Gasteiger partial charge in [-0.25, -0.2) is 4.98 Å². The van der Waals surface area contributed by atoms with E-state index in [9.17, 15) is 9.59 Å². The average Bonchev–Trinajstić information content (AvgIpc) is 3.33. The molecule has 2 heterocycles. The van der Waals surface area contributed by atoms with Crippen molar-refractivity contribution in [2.45, 2.75) is 12.5 Å². The van der Waals surface area contributed by atoms with Crippen LogP contribution in [-0.4, -0.2) is 35.9 Å². The van der Waals surface area contributed by atoms with Crippen LogP contribution in [0, 0.1) is 11.3 Å². The Kier molecular flexibility index (Phi) is 6.93. The van der Waals surface area contributed by atoms with Gasteiger partial charge in [0.2, 0.25) is 5.91 Å². The van der Waals surface area contributed by atoms with Crippen molar-refractivity contribution in [3.8, 4) is 29.1 Å². The van der Waals surface area contributed by atoms with Gasteiger partial charge in [0, 0.05) is 31.4 Å². The maximum absolute atomic E-state index is 11.9. The van der Waals surface area contributed by atoms with Crippen LogP contribution in [0.3, 0.4) is 0 Å². The van der Waals surface area contributed by atoms with Gasteiger partial charge in [0.1, 0.15) is 34.4 Å². The van der Waals surface area contributed by atoms with E-state index in [1.807, 2.05) is 4.90 Å². The van der Waals surface area contributed by atoms with Crippen molar-refractivity contribution in [1.29, 1.82) is 5.26 Å². The summed E-state index contributed by atoms with van der Waals surface area (Å²) < 4.78 is 11.8. The lowest BCUT2D eigenvalue weighted by atomic mass is 10.2. The van der Waals surface area contributed by atoms with Gasteiger partial charge in [0.05, 0.1) is 11.6 Å². The molecule has 1 aromatic heterocycles. The van der Waals surface area contributed by atoms with E-state index < -0.39 is 5.91 Å². The minimum absolute atomic E-state index is 0.0242. The molecule has 1 saturated heterocycles. The van der Waals surface area contributed by atoms with Crippen molar-refractivity contribution in [3.63, 3.8) is 0 Å². The normalized spacial score (nSPS) is 14.6. The Labute approximate surface area is 202 Å². The van der Waals surface area contributed by atoms with Gasteiger partial charge in [-0.2, -0.15) is 5.26 Å². The highest BCUT2D eigenvalue weighted by atomic mass is 16.5. The molecule has 1 atom stereocenters. The third kappa shape index (κ3) is 5.75. The summed E-state index contributed by atoms with van der Waals surface area (Å²) in [5.74, 6) is 1.58. The number of aromatic nitrogens is 1. The van der Waals surface area contributed by atoms with Gasteiger partial charge in [-0.15, -0.1) is 0 Å². The monoisotopic (exact) mass is 469 g/mol. The van der Waals surface area contributed by atoms with Crippen molar-refractivity contribution >= 4 is 17.6 Å². The lowest BCUT2D eigenvalue weighted by Crippen LogP contribution is -2.36. The molecule has 1 aliphatic heterocycles. The molecular weight excluding hydrogens is 446 g/mol. The number of rotatable bonds is 8. The number of nitrogens with zero attached hydrogens (tertiary/aromatic N) is 3. The Hall–Kier alpha value is -4.84. The van der Waals surface area contributed by atoms with E-state index in [2.05, 4.69) is 22.9 Å². The van der Waals surface area contributed by atoms with Crippen molar-refractivity contribution in [3.05, 3.63) is 84.6 Å². The van der Waals surface area contributed by atoms with Crippen LogP contribution in [0.25, 0.3) is 0 Å². The molecule has 0 saturated carbocycles. The van der Waals surface area contributed by atoms with Gasteiger partial charge in [-0.05, 0) is 55.0 Å². The standard InChI is InChI=1S/C26H23N5O4/c1-2-25(32)30-18-10-11-31(16-18)24-13-23(22(15-29-24)26(28)33)35-20-8-6-19(7-9-20)34-21-5-3-4-17(12-21)14-27/h2-9,12-13,15,18H,1,10-11,16H2,(H2,28,33)(H,30,32)/t18-/m0/s1. The van der Waals surface area contributed by atoms with E-state index in [-0.39, 0.29) is 23.3 Å². The molecule has 0 bridgehead atoms. The number of amides is 2. The fraction of sp³-hybridized carbons (Fsp3) is 0.154. The van der Waals surface area contributed by atoms with Crippen LogP contribution in [0.15, 0.2) is 73.4 Å². The van der Waals surface area contributed by atoms with Gasteiger partial charge >= 0.3 is 0 Å². The molecule has 0 unspecified atom stereocenters. The Morgan fingerprint density at radius 3 is 2.57 bits per heavy atom. The van der Waals surface area contributed by atoms with E-state index in [1.165, 1.54) is 12.3 Å². The summed E-state index contributed by atoms with van der Waals surface area (Å²) in [6, 6.07) is 17.4. The number of ether oxygens (including phenoxy) is 2. The molecule has 0 radical (unpaired) electrons. The lowest BCUT2D eigenvalue weighted by molar-refractivity contribution is -0.117. The van der Waals surface area contributed by atoms with Crippen LogP contribution in [0.4, 0.5) is 5.82 Å². The number of anilines is 1. The van der Waals surface area contributed by atoms with E-state index in [0.29, 0.717) is 41.7 Å². The minimum atomic E-state index is -0.658. The van der Waals surface area contributed by atoms with E-state index in [0.717, 1.165) is 6.42 Å². The Morgan fingerprint density at radius 2 is 1.89 bits per heavy atom. The number of nitrogens with one attached hydrogen (secondary N) is 1. The molecule has 0 aliphatic carbocycles. The number of benzene rings is 2. The van der Waals surface area contributed by atoms with Crippen molar-refractivity contribution in [2.75, 3.05) is 18.0 Å². The molecule has 2 aromatic carbocycles. The molecular formula is C26H23N5O4. The number of carbonyl (C=O) groups is 2. The maximum Gasteiger partial charge on any atom is 0.254 e. The molecule has 3 aromatic rings. The molecule has 2 amide bonds. The summed E-state index contributed by atoms with van der Waals surface area (Å²) in [5.41, 5.74) is 6.18. The molecule has 35 heavy (non-hydrogen) atoms. The Morgan fingerprint density at radius 1 is 1.14 bits per heavy atom. The van der Waals surface area contributed by atoms with E-state index in [4.69, 9.17) is 20.5 Å². The van der Waals surface area contributed by atoms with Crippen LogP contribution < -0.4 is 25.4 Å². The van der Waals surface area contributed by atoms with E-state index >= 15 is 0 Å². The second kappa shape index (κ2) is 10.4. The van der Waals surface area contributed by atoms with Crippen LogP contribution in [0.1, 0.15) is 22.3 Å². The molecule has 4 rings (SSSR count). The van der Waals surface area contributed by atoms with Gasteiger partial charge in [-0.1, -0.05) is 12.6 Å². The zero-order valence-corrected chi connectivity index (χ0v) is 18.8. The highest BCUT2D eigenvalue weighted by Crippen LogP contribution is 2.31. The zero-order chi connectivity index (χ0) is 24.8. The fourth-order valence-electron chi connectivity index (χ4n) is 3.68. The average molecular weight is 470 g/mol. The molecule has 1 aliphatic rings. The first kappa shape index (κ1) is 23.3. The van der Waals surface area contributed by atoms with Gasteiger partial charge in [0.15, 0.2) is 0 Å². The van der Waals surface area contributed by atoms with E-state index in [1.54, 1.807) is 54.6 Å². The number of pyridine rings is 1. The number of nitrogens with two attached hydrogens (primary N) is 1. The first-order valence-electron chi connectivity index (χ1n) is 10.9. The molecule has 176 valence electrons. The summed E-state index contributed by atoms with van der Waals surface area (Å²) in [4.78, 5) is 29.9. The smallest absolute Gasteiger partial charge is 0.254 e. The number of carbonyl (C=O) groups excluding carboxylic acids is 2. The molecule has 3 N–H and O–H groups in total. The largest absolute Gasteiger partial charge is 0.457 e. The highest BCUT2D eigenvalue weighted by Gasteiger charge is 2.25. The molecule has 9 nitrogen and oxygen atoms in total. The number of nitriles is 1. The summed E-state index contributed by atoms with van der Waals surface area (Å²) in [6.45, 7) is 4.73. The van der Waals surface area contributed by atoms with Gasteiger partial charge < -0.3 is 25.4 Å². The van der Waals surface area contributed by atoms with Crippen LogP contribution in [0.5, 0.6) is 23.0 Å². The predicted molar refractivity (Wildman–Crippen MR) is 129 cm³/mol. The minimum Gasteiger partial charge on any atom is -0.457 e. The first-order valence-corrected chi connectivity index (χ1v) is 10.9. The summed E-state index contributed by atoms with van der Waals surface area (Å²) in [5, 5.41) is 11.9. The first-order chi connectivity index (χ1) is 16.9. The molecule has 0 spiro atoms. The fourth-order valence-corrected chi connectivity index (χ4v) is 3.68. The van der Waals surface area contributed by atoms with Crippen molar-refractivity contribution in [1.82, 2.24) is 10.3 Å². The van der Waals surface area contributed by atoms with Crippen LogP contribution in [-0.2, 0) is 4.79 Å². The quantitative estimate of drug-likeness (QED) is 0.483. The molecule has 1 fully saturated rings. The maximum atomic E-state index is 11.9. The SMILES string of the molecule is C=CC(=O)N[C@H]1CCN(c2cc(Oc3ccc(Oc4cccc(C#N)c4)cc3)c(C(N)=O)cn2)C1. The van der Waals surface area contributed by atoms with Gasteiger partial charge in [-0.3, -0.25) is 9.59 Å². The zero-order valence-electron chi connectivity index (χ0n) is 18.8. The van der Waals surface area contributed by atoms with Crippen molar-refractivity contribution in [2.24, 2.45) is 5.73 Å². The second-order valence-electron chi connectivity index (χ2n) is 7.86. The summed E-state index contributed by atoms with van der Waals surface area (Å²) >= 11 is 0. The number of hydrogen-bond donors (Lipinski definition) is 2. The van der Waals surface area contributed by atoms with Crippen LogP contribution in [0.2, 0.25) is 0 Å². The molecule has 9 heteroatoms. The third-order valence-corrected chi connectivity index (χ3v) is 5.41. The lowest BCUT2D eigenvalue weighted by Gasteiger charge is -2.19. The van der Waals surface area contributed by atoms with Crippen molar-refractivity contribution < 1.29 is 19.1 Å². The number of hydrogen-bond acceptors (Lipinski definition) is 7. The Bertz CT molecular complexity index is 1300. The topological polar surface area (TPSA) is 131 Å². The summed E-state index contributed by atoms with van der Waals surface area (Å²) in [7, 11) is 0. The van der Waals surface area contributed by atoms with Crippen LogP contribution >= 0.6 is 0 Å². The number of primary amides is 1. The second-order valence-corrected chi connectivity index (χ2v) is 7.86. The third-order valence-electron chi connectivity index (χ3n) is 5.41. The van der Waals surface area contributed by atoms with Gasteiger partial charge in [0.25, 0.3) is 5.91 Å².